The van der Waals surface area contributed by atoms with Gasteiger partial charge in [-0.1, -0.05) is 23.3 Å². The number of fused-ring (bicyclic) bond motifs is 2. The van der Waals surface area contributed by atoms with Crippen molar-refractivity contribution in [2.45, 2.75) is 35.8 Å². The number of aliphatic hydroxyl groups is 2. The van der Waals surface area contributed by atoms with Crippen molar-refractivity contribution in [3.63, 3.8) is 0 Å². The molecule has 0 amide bonds. The summed E-state index contributed by atoms with van der Waals surface area (Å²) >= 11 is -0.931. The molecule has 264 valence electrons. The van der Waals surface area contributed by atoms with Crippen LogP contribution in [0.25, 0.3) is 0 Å². The number of primary sulfonamides is 2. The second-order valence-corrected chi connectivity index (χ2v) is 18.8. The first-order valence-corrected chi connectivity index (χ1v) is 25.8. The number of rotatable bonds is 6. The van der Waals surface area contributed by atoms with Gasteiger partial charge in [0, 0.05) is 34.7 Å². The molecule has 0 aromatic heterocycles. The van der Waals surface area contributed by atoms with Crippen LogP contribution in [0.2, 0.25) is 0 Å². The van der Waals surface area contributed by atoms with Gasteiger partial charge in [0.15, 0.2) is 0 Å². The van der Waals surface area contributed by atoms with E-state index in [0.29, 0.717) is 45.1 Å². The van der Waals surface area contributed by atoms with E-state index in [1.165, 1.54) is 73.5 Å². The fraction of sp³-hybridized carbons (Fsp3) is 0.118. The summed E-state index contributed by atoms with van der Waals surface area (Å²) in [5.41, 5.74) is 5.48. The molecule has 4 aromatic carbocycles. The average molecular weight is 825 g/mol. The molecule has 17 heteroatoms. The van der Waals surface area contributed by atoms with Crippen LogP contribution in [0.3, 0.4) is 0 Å². The Balaban J connectivity index is 0.000000212. The Hall–Kier alpha value is -3.76. The van der Waals surface area contributed by atoms with Crippen LogP contribution >= 0.6 is 19.4 Å². The van der Waals surface area contributed by atoms with Crippen LogP contribution in [0.5, 0.6) is 11.5 Å². The number of halogens is 2. The van der Waals surface area contributed by atoms with Gasteiger partial charge >= 0.3 is 34.5 Å². The second-order valence-electron chi connectivity index (χ2n) is 11.1. The molecule has 0 bridgehead atoms. The van der Waals surface area contributed by atoms with Gasteiger partial charge in [-0.05, 0) is 86.6 Å². The van der Waals surface area contributed by atoms with Crippen LogP contribution in [0.4, 0.5) is 11.4 Å². The Bertz CT molecular complexity index is 2060. The maximum atomic E-state index is 11.2. The van der Waals surface area contributed by atoms with Crippen molar-refractivity contribution < 1.29 is 51.7 Å². The number of aliphatic imine (C=N–C) groups is 2. The molecule has 0 saturated heterocycles. The van der Waals surface area contributed by atoms with Gasteiger partial charge in [-0.15, -0.1) is 0 Å². The van der Waals surface area contributed by atoms with Crippen LogP contribution in [0, 0.1) is 13.8 Å². The van der Waals surface area contributed by atoms with E-state index in [2.05, 4.69) is 9.98 Å². The van der Waals surface area contributed by atoms with Crippen molar-refractivity contribution in [2.75, 3.05) is 0 Å². The van der Waals surface area contributed by atoms with E-state index in [4.69, 9.17) is 39.1 Å². The van der Waals surface area contributed by atoms with Crippen LogP contribution in [-0.4, -0.2) is 39.5 Å². The molecule has 2 unspecified atom stereocenters. The predicted octanol–water partition coefficient (Wildman–Crippen LogP) is 6.09. The number of nitrogens with zero attached hydrogens (tertiary/aromatic N) is 2. The monoisotopic (exact) mass is 822 g/mol. The minimum absolute atomic E-state index is 0.0195. The van der Waals surface area contributed by atoms with Gasteiger partial charge in [0.2, 0.25) is 20.0 Å². The van der Waals surface area contributed by atoms with E-state index >= 15 is 0 Å². The van der Waals surface area contributed by atoms with Gasteiger partial charge in [-0.3, -0.25) is 9.98 Å². The molecule has 0 spiro atoms. The topological polar surface area (TPSA) is 204 Å². The van der Waals surface area contributed by atoms with Crippen LogP contribution in [-0.2, 0) is 35.2 Å². The Morgan fingerprint density at radius 2 is 0.980 bits per heavy atom. The third-order valence-corrected chi connectivity index (χ3v) is 9.11. The zero-order valence-electron chi connectivity index (χ0n) is 27.2. The molecule has 4 aromatic rings. The molecule has 2 heterocycles. The molecule has 12 nitrogen and oxygen atoms in total. The summed E-state index contributed by atoms with van der Waals surface area (Å²) in [6, 6.07) is 22.8. The number of hydrogen-bond donors (Lipinski definition) is 4. The first-order chi connectivity index (χ1) is 24.1. The van der Waals surface area contributed by atoms with Crippen molar-refractivity contribution in [1.82, 2.24) is 0 Å². The van der Waals surface area contributed by atoms with E-state index in [0.717, 1.165) is 11.1 Å². The van der Waals surface area contributed by atoms with Gasteiger partial charge in [0.05, 0.1) is 33.7 Å². The number of nitrogens with two attached hydrogens (primary N) is 2. The first-order valence-electron chi connectivity index (χ1n) is 14.9. The zero-order chi connectivity index (χ0) is 37.3. The number of sulfonamides is 2. The van der Waals surface area contributed by atoms with E-state index in [9.17, 15) is 27.0 Å². The Morgan fingerprint density at radius 3 is 1.29 bits per heavy atom. The molecule has 6 rings (SSSR count). The summed E-state index contributed by atoms with van der Waals surface area (Å²) in [5.74, 6) is 1.23. The molecule has 0 saturated carbocycles. The van der Waals surface area contributed by atoms with Gasteiger partial charge < -0.3 is 19.7 Å². The molecule has 2 atom stereocenters. The fourth-order valence-electron chi connectivity index (χ4n) is 4.67. The van der Waals surface area contributed by atoms with Gasteiger partial charge in [-0.25, -0.2) is 27.1 Å². The average Bonchev–Trinajstić information content (AvgIpc) is 3.08. The number of aliphatic hydroxyl groups excluding tert-OH is 2. The molecular weight excluding hydrogens is 793 g/mol. The second kappa shape index (κ2) is 17.6. The number of hydrogen-bond acceptors (Lipinski definition) is 10. The van der Waals surface area contributed by atoms with Crippen molar-refractivity contribution in [3.05, 3.63) is 131 Å². The van der Waals surface area contributed by atoms with Crippen molar-refractivity contribution in [3.8, 4) is 11.5 Å². The number of ether oxygens (including phenoxy) is 2. The van der Waals surface area contributed by atoms with Crippen molar-refractivity contribution >= 4 is 63.2 Å². The number of aryl methyl sites for hydroxylation is 2. The number of benzene rings is 4. The van der Waals surface area contributed by atoms with Crippen LogP contribution in [0.1, 0.15) is 34.5 Å². The molecular formula is C34H32Cl2N4O8S2Zn. The molecule has 0 radical (unpaired) electrons. The summed E-state index contributed by atoms with van der Waals surface area (Å²) in [4.78, 5) is 8.50. The van der Waals surface area contributed by atoms with Crippen LogP contribution < -0.4 is 19.8 Å². The minimum atomic E-state index is -3.72. The Labute approximate surface area is 311 Å². The Kier molecular flexibility index (Phi) is 13.8. The third kappa shape index (κ3) is 11.1. The normalized spacial score (nSPS) is 16.5. The van der Waals surface area contributed by atoms with E-state index < -0.39 is 47.4 Å². The maximum absolute atomic E-state index is 11.2. The molecule has 2 aliphatic heterocycles. The fourth-order valence-corrected chi connectivity index (χ4v) is 5.70. The summed E-state index contributed by atoms with van der Waals surface area (Å²) in [5, 5.41) is 31.0. The summed E-state index contributed by atoms with van der Waals surface area (Å²) in [7, 11) is 2.45. The van der Waals surface area contributed by atoms with Crippen LogP contribution in [0.15, 0.2) is 128 Å². The van der Waals surface area contributed by atoms with Crippen molar-refractivity contribution in [1.29, 1.82) is 0 Å². The standard InChI is InChI=1S/2C17H16N2O4S.2ClH.Zn/c2*1-11-2-7-16-15(8-11)17(20)12(10-23-16)9-19-13-3-5-14(6-4-13)24(18,21)22;;;/h2*2-10,17,20H,1H3,(H2,18,21,22);2*1H;/q;;;;+2/p-2. The molecule has 0 fully saturated rings. The van der Waals surface area contributed by atoms with E-state index in [-0.39, 0.29) is 9.79 Å². The third-order valence-electron chi connectivity index (χ3n) is 7.25. The molecule has 2 aliphatic rings. The molecule has 0 aliphatic carbocycles. The molecule has 6 N–H and O–H groups in total. The summed E-state index contributed by atoms with van der Waals surface area (Å²) in [6.07, 6.45) is 4.21. The predicted molar refractivity (Wildman–Crippen MR) is 193 cm³/mol. The zero-order valence-corrected chi connectivity index (χ0v) is 33.3. The first kappa shape index (κ1) is 40.0. The quantitative estimate of drug-likeness (QED) is 0.132. The Morgan fingerprint density at radius 1 is 0.647 bits per heavy atom. The molecule has 51 heavy (non-hydrogen) atoms. The SMILES string of the molecule is Cc1ccc2c(c1)C(O)C(C=Nc1ccc(S(N)(=O)=O)cc1)=CO2.Cc1ccc2c(c1)C(O)C(C=Nc1ccc(S(N)(=O)=O)cc1)=CO2.[Cl][Zn][Cl]. The summed E-state index contributed by atoms with van der Waals surface area (Å²) in [6.45, 7) is 3.87. The van der Waals surface area contributed by atoms with E-state index in [1.54, 1.807) is 0 Å². The van der Waals surface area contributed by atoms with Gasteiger partial charge in [-0.2, -0.15) is 0 Å². The van der Waals surface area contributed by atoms with E-state index in [1.807, 2.05) is 50.2 Å². The van der Waals surface area contributed by atoms with Crippen molar-refractivity contribution in [2.24, 2.45) is 20.3 Å². The summed E-state index contributed by atoms with van der Waals surface area (Å²) < 4.78 is 55.9. The van der Waals surface area contributed by atoms with Gasteiger partial charge in [0.1, 0.15) is 23.7 Å². The van der Waals surface area contributed by atoms with Gasteiger partial charge in [0.25, 0.3) is 0 Å².